The summed E-state index contributed by atoms with van der Waals surface area (Å²) in [5.41, 5.74) is 0. The predicted molar refractivity (Wildman–Crippen MR) is 74.4 cm³/mol. The number of nitrogens with one attached hydrogen (secondary N) is 1. The van der Waals surface area contributed by atoms with Gasteiger partial charge >= 0.3 is 0 Å². The molecule has 0 aliphatic carbocycles. The summed E-state index contributed by atoms with van der Waals surface area (Å²) in [5, 5.41) is 3.64. The number of rotatable bonds is 5. The maximum atomic E-state index is 12.4. The van der Waals surface area contributed by atoms with Gasteiger partial charge in [-0.05, 0) is 32.1 Å². The summed E-state index contributed by atoms with van der Waals surface area (Å²) in [5.74, 6) is 0.553. The molecule has 3 heteroatoms. The van der Waals surface area contributed by atoms with Gasteiger partial charge < -0.3 is 10.2 Å². The second-order valence-electron chi connectivity index (χ2n) is 6.26. The minimum absolute atomic E-state index is 0.197. The highest BCUT2D eigenvalue weighted by atomic mass is 16.2. The molecule has 3 nitrogen and oxygen atoms in total. The first-order valence-corrected chi connectivity index (χ1v) is 7.64. The van der Waals surface area contributed by atoms with Crippen LogP contribution in [0.1, 0.15) is 58.8 Å². The summed E-state index contributed by atoms with van der Waals surface area (Å²) in [7, 11) is 2.01. The summed E-state index contributed by atoms with van der Waals surface area (Å²) >= 11 is 0. The second-order valence-corrected chi connectivity index (χ2v) is 6.26. The summed E-state index contributed by atoms with van der Waals surface area (Å²) in [6, 6.07) is 1.80. The van der Waals surface area contributed by atoms with Crippen LogP contribution in [0.3, 0.4) is 0 Å². The molecule has 0 saturated carbocycles. The van der Waals surface area contributed by atoms with Crippen molar-refractivity contribution in [3.05, 3.63) is 0 Å². The largest absolute Gasteiger partial charge is 0.342 e. The van der Waals surface area contributed by atoms with Crippen LogP contribution >= 0.6 is 0 Å². The molecule has 0 spiro atoms. The number of carbonyl (C=O) groups excluding carboxylic acids is 1. The van der Waals surface area contributed by atoms with E-state index in [-0.39, 0.29) is 5.92 Å². The van der Waals surface area contributed by atoms with E-state index in [0.29, 0.717) is 24.0 Å². The fourth-order valence-corrected chi connectivity index (χ4v) is 3.50. The van der Waals surface area contributed by atoms with Crippen molar-refractivity contribution in [3.8, 4) is 0 Å². The van der Waals surface area contributed by atoms with Gasteiger partial charge in [-0.25, -0.2) is 0 Å². The van der Waals surface area contributed by atoms with Crippen molar-refractivity contribution < 1.29 is 4.79 Å². The van der Waals surface area contributed by atoms with Gasteiger partial charge in [0.1, 0.15) is 0 Å². The molecule has 2 bridgehead atoms. The highest BCUT2D eigenvalue weighted by Crippen LogP contribution is 2.30. The van der Waals surface area contributed by atoms with Gasteiger partial charge in [-0.15, -0.1) is 0 Å². The molecule has 2 fully saturated rings. The zero-order valence-electron chi connectivity index (χ0n) is 12.1. The maximum absolute atomic E-state index is 12.4. The molecular formula is C15H28N2O. The van der Waals surface area contributed by atoms with E-state index in [0.717, 1.165) is 25.7 Å². The lowest BCUT2D eigenvalue weighted by molar-refractivity contribution is -0.136. The fourth-order valence-electron chi connectivity index (χ4n) is 3.50. The molecule has 0 radical (unpaired) electrons. The van der Waals surface area contributed by atoms with Crippen LogP contribution in [0.5, 0.6) is 0 Å². The maximum Gasteiger partial charge on any atom is 0.225 e. The molecule has 1 amide bonds. The van der Waals surface area contributed by atoms with Gasteiger partial charge in [0.2, 0.25) is 5.91 Å². The van der Waals surface area contributed by atoms with Gasteiger partial charge in [0, 0.05) is 31.1 Å². The van der Waals surface area contributed by atoms with E-state index in [4.69, 9.17) is 0 Å². The van der Waals surface area contributed by atoms with Gasteiger partial charge in [0.25, 0.3) is 0 Å². The number of amides is 1. The average molecular weight is 252 g/mol. The van der Waals surface area contributed by atoms with Crippen LogP contribution in [0.4, 0.5) is 0 Å². The van der Waals surface area contributed by atoms with Gasteiger partial charge in [0.05, 0.1) is 0 Å². The Kier molecular flexibility index (Phi) is 4.66. The Morgan fingerprint density at radius 2 is 1.94 bits per heavy atom. The Morgan fingerprint density at radius 3 is 2.50 bits per heavy atom. The van der Waals surface area contributed by atoms with E-state index < -0.39 is 0 Å². The van der Waals surface area contributed by atoms with Crippen molar-refractivity contribution in [2.45, 2.75) is 76.9 Å². The van der Waals surface area contributed by atoms with Crippen LogP contribution in [0.2, 0.25) is 0 Å². The normalized spacial score (nSPS) is 32.3. The zero-order valence-corrected chi connectivity index (χ0v) is 12.1. The van der Waals surface area contributed by atoms with E-state index in [2.05, 4.69) is 19.2 Å². The predicted octanol–water partition coefficient (Wildman–Crippen LogP) is 2.55. The van der Waals surface area contributed by atoms with E-state index in [1.54, 1.807) is 0 Å². The summed E-state index contributed by atoms with van der Waals surface area (Å²) in [6.07, 6.45) is 8.29. The fraction of sp³-hybridized carbons (Fsp3) is 0.933. The molecule has 104 valence electrons. The smallest absolute Gasteiger partial charge is 0.225 e. The van der Waals surface area contributed by atoms with Gasteiger partial charge in [0.15, 0.2) is 0 Å². The molecule has 2 rings (SSSR count). The van der Waals surface area contributed by atoms with Crippen LogP contribution in [0.15, 0.2) is 0 Å². The molecule has 2 aliphatic rings. The Balaban J connectivity index is 1.86. The monoisotopic (exact) mass is 252 g/mol. The minimum Gasteiger partial charge on any atom is -0.342 e. The van der Waals surface area contributed by atoms with Gasteiger partial charge in [-0.1, -0.05) is 26.7 Å². The van der Waals surface area contributed by atoms with E-state index in [1.807, 2.05) is 11.9 Å². The highest BCUT2D eigenvalue weighted by Gasteiger charge is 2.36. The SMILES string of the molecule is CCCCC(C)C(=O)N(C)C1CC2CCC(C1)N2. The summed E-state index contributed by atoms with van der Waals surface area (Å²) in [4.78, 5) is 14.4. The lowest BCUT2D eigenvalue weighted by Crippen LogP contribution is -2.49. The van der Waals surface area contributed by atoms with Crippen LogP contribution in [0.25, 0.3) is 0 Å². The van der Waals surface area contributed by atoms with E-state index >= 15 is 0 Å². The Bertz CT molecular complexity index is 280. The van der Waals surface area contributed by atoms with Crippen LogP contribution in [-0.2, 0) is 4.79 Å². The number of fused-ring (bicyclic) bond motifs is 2. The van der Waals surface area contributed by atoms with E-state index in [1.165, 1.54) is 19.3 Å². The number of hydrogen-bond donors (Lipinski definition) is 1. The molecular weight excluding hydrogens is 224 g/mol. The molecule has 2 aliphatic heterocycles. The molecule has 2 heterocycles. The first-order chi connectivity index (χ1) is 8.61. The van der Waals surface area contributed by atoms with Crippen molar-refractivity contribution in [1.82, 2.24) is 10.2 Å². The molecule has 3 unspecified atom stereocenters. The summed E-state index contributed by atoms with van der Waals surface area (Å²) < 4.78 is 0. The first kappa shape index (κ1) is 13.9. The van der Waals surface area contributed by atoms with Crippen molar-refractivity contribution >= 4 is 5.91 Å². The minimum atomic E-state index is 0.197. The molecule has 0 aromatic carbocycles. The molecule has 2 saturated heterocycles. The topological polar surface area (TPSA) is 32.3 Å². The number of hydrogen-bond acceptors (Lipinski definition) is 2. The van der Waals surface area contributed by atoms with Crippen LogP contribution in [0, 0.1) is 5.92 Å². The Morgan fingerprint density at radius 1 is 1.33 bits per heavy atom. The lowest BCUT2D eigenvalue weighted by Gasteiger charge is -2.36. The highest BCUT2D eigenvalue weighted by molar-refractivity contribution is 5.78. The van der Waals surface area contributed by atoms with Crippen molar-refractivity contribution in [2.75, 3.05) is 7.05 Å². The van der Waals surface area contributed by atoms with Crippen molar-refractivity contribution in [1.29, 1.82) is 0 Å². The molecule has 1 N–H and O–H groups in total. The van der Waals surface area contributed by atoms with Crippen molar-refractivity contribution in [3.63, 3.8) is 0 Å². The first-order valence-electron chi connectivity index (χ1n) is 7.64. The van der Waals surface area contributed by atoms with Gasteiger partial charge in [-0.3, -0.25) is 4.79 Å². The number of nitrogens with zero attached hydrogens (tertiary/aromatic N) is 1. The third-order valence-electron chi connectivity index (χ3n) is 4.76. The standard InChI is InChI=1S/C15H28N2O/c1-4-5-6-11(2)15(18)17(3)14-9-12-7-8-13(10-14)16-12/h11-14,16H,4-10H2,1-3H3. The van der Waals surface area contributed by atoms with Crippen LogP contribution < -0.4 is 5.32 Å². The van der Waals surface area contributed by atoms with Gasteiger partial charge in [-0.2, -0.15) is 0 Å². The molecule has 0 aromatic rings. The summed E-state index contributed by atoms with van der Waals surface area (Å²) in [6.45, 7) is 4.27. The number of piperidine rings is 1. The quantitative estimate of drug-likeness (QED) is 0.815. The van der Waals surface area contributed by atoms with Crippen molar-refractivity contribution in [2.24, 2.45) is 5.92 Å². The van der Waals surface area contributed by atoms with E-state index in [9.17, 15) is 4.79 Å². The molecule has 3 atom stereocenters. The number of carbonyl (C=O) groups is 1. The average Bonchev–Trinajstić information content (AvgIpc) is 2.72. The molecule has 0 aromatic heterocycles. The Hall–Kier alpha value is -0.570. The van der Waals surface area contributed by atoms with Crippen LogP contribution in [-0.4, -0.2) is 36.0 Å². The second kappa shape index (κ2) is 6.05. The Labute approximate surface area is 111 Å². The zero-order chi connectivity index (χ0) is 13.1. The lowest BCUT2D eigenvalue weighted by atomic mass is 9.96. The molecule has 18 heavy (non-hydrogen) atoms. The number of unbranched alkanes of at least 4 members (excludes halogenated alkanes) is 1. The third kappa shape index (κ3) is 3.05. The third-order valence-corrected chi connectivity index (χ3v) is 4.76.